The number of ether oxygens (including phenoxy) is 1. The van der Waals surface area contributed by atoms with Crippen LogP contribution in [-0.2, 0) is 11.3 Å². The van der Waals surface area contributed by atoms with E-state index in [4.69, 9.17) is 4.74 Å². The van der Waals surface area contributed by atoms with Crippen molar-refractivity contribution < 1.29 is 4.74 Å². The summed E-state index contributed by atoms with van der Waals surface area (Å²) in [5.74, 6) is 0.734. The van der Waals surface area contributed by atoms with E-state index < -0.39 is 0 Å². The molecule has 1 atom stereocenters. The van der Waals surface area contributed by atoms with Gasteiger partial charge in [0.1, 0.15) is 0 Å². The van der Waals surface area contributed by atoms with Crippen LogP contribution >= 0.6 is 0 Å². The maximum atomic E-state index is 5.38. The van der Waals surface area contributed by atoms with E-state index in [1.54, 1.807) is 10.9 Å². The molecule has 1 N–H and O–H groups in total. The van der Waals surface area contributed by atoms with E-state index in [1.165, 1.54) is 18.4 Å². The Morgan fingerprint density at radius 1 is 1.65 bits per heavy atom. The molecule has 0 aliphatic carbocycles. The van der Waals surface area contributed by atoms with E-state index in [0.29, 0.717) is 6.04 Å². The molecule has 1 fully saturated rings. The summed E-state index contributed by atoms with van der Waals surface area (Å²) in [7, 11) is 0. The predicted molar refractivity (Wildman–Crippen MR) is 68.5 cm³/mol. The van der Waals surface area contributed by atoms with Crippen LogP contribution in [0.2, 0.25) is 0 Å². The number of aromatic nitrogens is 2. The lowest BCUT2D eigenvalue weighted by Gasteiger charge is -2.28. The Bertz CT molecular complexity index is 355. The third-order valence-electron chi connectivity index (χ3n) is 3.44. The van der Waals surface area contributed by atoms with Crippen molar-refractivity contribution in [1.82, 2.24) is 15.1 Å². The molecular weight excluding hydrogens is 214 g/mol. The number of nitrogens with one attached hydrogen (secondary N) is 1. The molecule has 1 unspecified atom stereocenters. The van der Waals surface area contributed by atoms with Crippen molar-refractivity contribution in [3.05, 3.63) is 24.5 Å². The first-order chi connectivity index (χ1) is 8.29. The van der Waals surface area contributed by atoms with Crippen LogP contribution in [0, 0.1) is 5.92 Å². The molecule has 0 spiro atoms. The van der Waals surface area contributed by atoms with Gasteiger partial charge in [0.15, 0.2) is 0 Å². The summed E-state index contributed by atoms with van der Waals surface area (Å²) < 4.78 is 7.11. The predicted octanol–water partition coefficient (Wildman–Crippen LogP) is 1.89. The second kappa shape index (κ2) is 5.98. The van der Waals surface area contributed by atoms with Gasteiger partial charge in [-0.25, -0.2) is 4.68 Å². The molecule has 1 aromatic rings. The fourth-order valence-corrected chi connectivity index (χ4v) is 2.23. The Morgan fingerprint density at radius 3 is 3.06 bits per heavy atom. The van der Waals surface area contributed by atoms with Gasteiger partial charge in [-0.15, -0.1) is 0 Å². The minimum atomic E-state index is 0.533. The van der Waals surface area contributed by atoms with E-state index in [2.05, 4.69) is 23.9 Å². The zero-order chi connectivity index (χ0) is 12.1. The molecule has 0 bridgehead atoms. The van der Waals surface area contributed by atoms with Crippen molar-refractivity contribution >= 4 is 6.20 Å². The molecule has 0 radical (unpaired) electrons. The maximum Gasteiger partial charge on any atom is 0.0538 e. The first-order valence-electron chi connectivity index (χ1n) is 6.26. The van der Waals surface area contributed by atoms with Crippen LogP contribution in [0.5, 0.6) is 0 Å². The Hall–Kier alpha value is -1.13. The molecule has 1 aliphatic rings. The molecule has 4 heteroatoms. The van der Waals surface area contributed by atoms with Crippen molar-refractivity contribution in [2.75, 3.05) is 13.2 Å². The summed E-state index contributed by atoms with van der Waals surface area (Å²) >= 11 is 0. The van der Waals surface area contributed by atoms with Gasteiger partial charge in [-0.1, -0.05) is 6.58 Å². The second-order valence-corrected chi connectivity index (χ2v) is 4.63. The lowest BCUT2D eigenvalue weighted by atomic mass is 9.93. The number of nitrogens with zero attached hydrogens (tertiary/aromatic N) is 2. The topological polar surface area (TPSA) is 39.1 Å². The zero-order valence-electron chi connectivity index (χ0n) is 10.4. The van der Waals surface area contributed by atoms with Gasteiger partial charge in [0, 0.05) is 43.8 Å². The van der Waals surface area contributed by atoms with E-state index in [9.17, 15) is 0 Å². The second-order valence-electron chi connectivity index (χ2n) is 4.63. The third-order valence-corrected chi connectivity index (χ3v) is 3.44. The van der Waals surface area contributed by atoms with Crippen LogP contribution < -0.4 is 5.32 Å². The summed E-state index contributed by atoms with van der Waals surface area (Å²) in [6.45, 7) is 8.62. The van der Waals surface area contributed by atoms with E-state index in [-0.39, 0.29) is 0 Å². The van der Waals surface area contributed by atoms with Gasteiger partial charge < -0.3 is 10.1 Å². The smallest absolute Gasteiger partial charge is 0.0538 e. The highest BCUT2D eigenvalue weighted by molar-refractivity contribution is 5.17. The summed E-state index contributed by atoms with van der Waals surface area (Å²) in [5, 5.41) is 7.73. The van der Waals surface area contributed by atoms with Gasteiger partial charge in [-0.05, 0) is 25.7 Å². The Balaban J connectivity index is 1.78. The molecule has 2 heterocycles. The Labute approximate surface area is 103 Å². The Kier molecular flexibility index (Phi) is 4.34. The highest BCUT2D eigenvalue weighted by Gasteiger charge is 2.19. The largest absolute Gasteiger partial charge is 0.381 e. The van der Waals surface area contributed by atoms with Crippen LogP contribution in [0.1, 0.15) is 25.3 Å². The van der Waals surface area contributed by atoms with Crippen LogP contribution in [0.15, 0.2) is 19.0 Å². The molecule has 2 rings (SSSR count). The molecule has 4 nitrogen and oxygen atoms in total. The average Bonchev–Trinajstić information content (AvgIpc) is 2.85. The normalized spacial score (nSPS) is 19.1. The van der Waals surface area contributed by atoms with E-state index in [1.807, 2.05) is 12.4 Å². The van der Waals surface area contributed by atoms with Gasteiger partial charge in [-0.3, -0.25) is 0 Å². The summed E-state index contributed by atoms with van der Waals surface area (Å²) in [6, 6.07) is 0.533. The molecule has 94 valence electrons. The quantitative estimate of drug-likeness (QED) is 0.847. The molecule has 0 aromatic carbocycles. The van der Waals surface area contributed by atoms with E-state index in [0.717, 1.165) is 25.7 Å². The summed E-state index contributed by atoms with van der Waals surface area (Å²) in [4.78, 5) is 0. The van der Waals surface area contributed by atoms with Gasteiger partial charge in [0.2, 0.25) is 0 Å². The fraction of sp³-hybridized carbons (Fsp3) is 0.615. The summed E-state index contributed by atoms with van der Waals surface area (Å²) in [5.41, 5.74) is 1.20. The third kappa shape index (κ3) is 3.41. The van der Waals surface area contributed by atoms with Crippen LogP contribution in [-0.4, -0.2) is 29.0 Å². The molecule has 0 saturated carbocycles. The monoisotopic (exact) mass is 235 g/mol. The standard InChI is InChI=1S/C13H21N3O/c1-3-16-10-12(9-15-16)8-14-11(2)13-4-6-17-7-5-13/h3,9-11,13-14H,1,4-8H2,2H3. The van der Waals surface area contributed by atoms with Gasteiger partial charge in [0.05, 0.1) is 6.20 Å². The SMILES string of the molecule is C=Cn1cc(CNC(C)C2CCOCC2)cn1. The Morgan fingerprint density at radius 2 is 2.41 bits per heavy atom. The van der Waals surface area contributed by atoms with Gasteiger partial charge in [0.25, 0.3) is 0 Å². The van der Waals surface area contributed by atoms with Crippen molar-refractivity contribution in [1.29, 1.82) is 0 Å². The highest BCUT2D eigenvalue weighted by Crippen LogP contribution is 2.18. The van der Waals surface area contributed by atoms with Gasteiger partial charge in [-0.2, -0.15) is 5.10 Å². The fourth-order valence-electron chi connectivity index (χ4n) is 2.23. The van der Waals surface area contributed by atoms with Gasteiger partial charge >= 0.3 is 0 Å². The first-order valence-corrected chi connectivity index (χ1v) is 6.26. The van der Waals surface area contributed by atoms with Crippen molar-refractivity contribution in [3.63, 3.8) is 0 Å². The number of hydrogen-bond acceptors (Lipinski definition) is 3. The molecule has 0 amide bonds. The number of hydrogen-bond donors (Lipinski definition) is 1. The highest BCUT2D eigenvalue weighted by atomic mass is 16.5. The van der Waals surface area contributed by atoms with Crippen LogP contribution in [0.25, 0.3) is 6.20 Å². The zero-order valence-corrected chi connectivity index (χ0v) is 10.4. The molecular formula is C13H21N3O. The van der Waals surface area contributed by atoms with Crippen molar-refractivity contribution in [2.45, 2.75) is 32.4 Å². The lowest BCUT2D eigenvalue weighted by molar-refractivity contribution is 0.0558. The van der Waals surface area contributed by atoms with Crippen LogP contribution in [0.4, 0.5) is 0 Å². The molecule has 1 saturated heterocycles. The minimum absolute atomic E-state index is 0.533. The average molecular weight is 235 g/mol. The molecule has 1 aliphatic heterocycles. The van der Waals surface area contributed by atoms with Crippen molar-refractivity contribution in [2.24, 2.45) is 5.92 Å². The minimum Gasteiger partial charge on any atom is -0.381 e. The van der Waals surface area contributed by atoms with Crippen LogP contribution in [0.3, 0.4) is 0 Å². The van der Waals surface area contributed by atoms with E-state index >= 15 is 0 Å². The maximum absolute atomic E-state index is 5.38. The number of rotatable bonds is 5. The first kappa shape index (κ1) is 12.3. The molecule has 1 aromatic heterocycles. The summed E-state index contributed by atoms with van der Waals surface area (Å²) in [6.07, 6.45) is 7.91. The lowest BCUT2D eigenvalue weighted by Crippen LogP contribution is -2.36. The molecule has 17 heavy (non-hydrogen) atoms. The van der Waals surface area contributed by atoms with Crippen molar-refractivity contribution in [3.8, 4) is 0 Å².